The first-order chi connectivity index (χ1) is 10.5. The molecule has 0 unspecified atom stereocenters. The van der Waals surface area contributed by atoms with E-state index in [1.807, 2.05) is 0 Å². The van der Waals surface area contributed by atoms with Crippen LogP contribution in [0.3, 0.4) is 0 Å². The molecule has 0 aliphatic carbocycles. The molecule has 3 rings (SSSR count). The van der Waals surface area contributed by atoms with E-state index >= 15 is 0 Å². The summed E-state index contributed by atoms with van der Waals surface area (Å²) >= 11 is 6.09. The second kappa shape index (κ2) is 5.39. The molecule has 2 heterocycles. The van der Waals surface area contributed by atoms with Gasteiger partial charge in [-0.05, 0) is 24.7 Å². The highest BCUT2D eigenvalue weighted by Gasteiger charge is 2.17. The van der Waals surface area contributed by atoms with Crippen LogP contribution < -0.4 is 5.56 Å². The third-order valence-corrected chi connectivity index (χ3v) is 4.14. The predicted octanol–water partition coefficient (Wildman–Crippen LogP) is 2.02. The Labute approximate surface area is 132 Å². The molecular formula is C12H9N5O3S2. The number of fused-ring (bicyclic) bond motifs is 1. The van der Waals surface area contributed by atoms with Crippen LogP contribution in [0.5, 0.6) is 0 Å². The molecule has 0 aliphatic rings. The summed E-state index contributed by atoms with van der Waals surface area (Å²) in [6, 6.07) is 4.85. The van der Waals surface area contributed by atoms with Gasteiger partial charge in [0.25, 0.3) is 11.2 Å². The van der Waals surface area contributed by atoms with E-state index in [1.165, 1.54) is 10.6 Å². The van der Waals surface area contributed by atoms with Gasteiger partial charge in [0.05, 0.1) is 4.92 Å². The van der Waals surface area contributed by atoms with E-state index in [2.05, 4.69) is 15.3 Å². The number of hydrogen-bond acceptors (Lipinski definition) is 7. The topological polar surface area (TPSA) is 106 Å². The largest absolute Gasteiger partial charge is 0.295 e. The van der Waals surface area contributed by atoms with Gasteiger partial charge in [0.1, 0.15) is 5.69 Å². The van der Waals surface area contributed by atoms with E-state index in [1.54, 1.807) is 19.1 Å². The van der Waals surface area contributed by atoms with Crippen LogP contribution in [0.1, 0.15) is 16.8 Å². The first-order valence-corrected chi connectivity index (χ1v) is 7.39. The number of aromatic nitrogens is 4. The summed E-state index contributed by atoms with van der Waals surface area (Å²) in [7, 11) is 0. The van der Waals surface area contributed by atoms with Gasteiger partial charge in [-0.15, -0.1) is 10.2 Å². The van der Waals surface area contributed by atoms with Crippen molar-refractivity contribution in [3.05, 3.63) is 59.4 Å². The number of aromatic amines is 1. The van der Waals surface area contributed by atoms with E-state index in [9.17, 15) is 14.9 Å². The van der Waals surface area contributed by atoms with Crippen LogP contribution in [0.15, 0.2) is 23.0 Å². The van der Waals surface area contributed by atoms with E-state index in [0.29, 0.717) is 14.5 Å². The second-order valence-corrected chi connectivity index (χ2v) is 6.28. The Kier molecular flexibility index (Phi) is 3.54. The first kappa shape index (κ1) is 14.5. The molecule has 0 spiro atoms. The van der Waals surface area contributed by atoms with Crippen molar-refractivity contribution in [1.82, 2.24) is 19.8 Å². The van der Waals surface area contributed by atoms with Crippen LogP contribution in [0.2, 0.25) is 0 Å². The molecule has 22 heavy (non-hydrogen) atoms. The SMILES string of the molecule is Cc1ccc(Cc2nnc3sc(=S)[nH]n3c2=O)c([N+](=O)[O-])c1. The van der Waals surface area contributed by atoms with Gasteiger partial charge in [0, 0.05) is 18.1 Å². The molecule has 8 nitrogen and oxygen atoms in total. The first-order valence-electron chi connectivity index (χ1n) is 6.17. The van der Waals surface area contributed by atoms with E-state index in [4.69, 9.17) is 12.2 Å². The molecule has 1 N–H and O–H groups in total. The Balaban J connectivity index is 2.11. The Bertz CT molecular complexity index is 1000. The Morgan fingerprint density at radius 3 is 2.95 bits per heavy atom. The molecule has 1 aromatic carbocycles. The van der Waals surface area contributed by atoms with Crippen molar-refractivity contribution >= 4 is 34.2 Å². The number of benzene rings is 1. The van der Waals surface area contributed by atoms with Crippen molar-refractivity contribution in [3.63, 3.8) is 0 Å². The molecule has 10 heteroatoms. The van der Waals surface area contributed by atoms with Gasteiger partial charge < -0.3 is 0 Å². The lowest BCUT2D eigenvalue weighted by Gasteiger charge is -2.03. The Morgan fingerprint density at radius 2 is 2.23 bits per heavy atom. The average Bonchev–Trinajstić information content (AvgIpc) is 2.85. The molecule has 2 aromatic heterocycles. The third-order valence-electron chi connectivity index (χ3n) is 3.08. The lowest BCUT2D eigenvalue weighted by Crippen LogP contribution is -2.22. The maximum absolute atomic E-state index is 12.3. The van der Waals surface area contributed by atoms with Gasteiger partial charge in [-0.1, -0.05) is 23.5 Å². The molecule has 0 saturated heterocycles. The van der Waals surface area contributed by atoms with Crippen LogP contribution in [-0.4, -0.2) is 24.7 Å². The van der Waals surface area contributed by atoms with Crippen LogP contribution in [0, 0.1) is 21.0 Å². The van der Waals surface area contributed by atoms with Crippen molar-refractivity contribution in [3.8, 4) is 0 Å². The number of nitro benzene ring substituents is 1. The summed E-state index contributed by atoms with van der Waals surface area (Å²) in [6.07, 6.45) is 0.0296. The summed E-state index contributed by atoms with van der Waals surface area (Å²) in [4.78, 5) is 23.3. The summed E-state index contributed by atoms with van der Waals surface area (Å²) < 4.78 is 1.61. The van der Waals surface area contributed by atoms with Crippen molar-refractivity contribution in [2.24, 2.45) is 0 Å². The van der Waals surface area contributed by atoms with Crippen LogP contribution in [-0.2, 0) is 6.42 Å². The minimum Gasteiger partial charge on any atom is -0.270 e. The Morgan fingerprint density at radius 1 is 1.45 bits per heavy atom. The number of nitro groups is 1. The van der Waals surface area contributed by atoms with Gasteiger partial charge in [0.2, 0.25) is 4.96 Å². The van der Waals surface area contributed by atoms with Gasteiger partial charge in [-0.2, -0.15) is 4.52 Å². The fraction of sp³-hybridized carbons (Fsp3) is 0.167. The smallest absolute Gasteiger partial charge is 0.270 e. The molecule has 3 aromatic rings. The molecular weight excluding hydrogens is 326 g/mol. The summed E-state index contributed by atoms with van der Waals surface area (Å²) in [5.74, 6) is 0. The molecule has 0 saturated carbocycles. The number of nitrogens with one attached hydrogen (secondary N) is 1. The minimum atomic E-state index is -0.468. The predicted molar refractivity (Wildman–Crippen MR) is 83.0 cm³/mol. The minimum absolute atomic E-state index is 0.0296. The Hall–Kier alpha value is -2.46. The zero-order valence-corrected chi connectivity index (χ0v) is 12.9. The fourth-order valence-electron chi connectivity index (χ4n) is 2.05. The summed E-state index contributed by atoms with van der Waals surface area (Å²) in [5.41, 5.74) is 0.858. The van der Waals surface area contributed by atoms with Gasteiger partial charge in [0.15, 0.2) is 3.95 Å². The van der Waals surface area contributed by atoms with Gasteiger partial charge >= 0.3 is 0 Å². The van der Waals surface area contributed by atoms with Crippen LogP contribution >= 0.6 is 23.6 Å². The summed E-state index contributed by atoms with van der Waals surface area (Å²) in [6.45, 7) is 1.77. The lowest BCUT2D eigenvalue weighted by molar-refractivity contribution is -0.385. The highest BCUT2D eigenvalue weighted by molar-refractivity contribution is 7.73. The zero-order valence-electron chi connectivity index (χ0n) is 11.3. The number of rotatable bonds is 3. The highest BCUT2D eigenvalue weighted by Crippen LogP contribution is 2.21. The third kappa shape index (κ3) is 2.53. The van der Waals surface area contributed by atoms with Crippen molar-refractivity contribution in [2.75, 3.05) is 0 Å². The lowest BCUT2D eigenvalue weighted by atomic mass is 10.1. The van der Waals surface area contributed by atoms with Crippen molar-refractivity contribution in [2.45, 2.75) is 13.3 Å². The molecule has 0 amide bonds. The number of H-pyrrole nitrogens is 1. The van der Waals surface area contributed by atoms with Crippen LogP contribution in [0.4, 0.5) is 5.69 Å². The molecule has 0 atom stereocenters. The van der Waals surface area contributed by atoms with E-state index < -0.39 is 10.5 Å². The van der Waals surface area contributed by atoms with Crippen molar-refractivity contribution in [1.29, 1.82) is 0 Å². The monoisotopic (exact) mass is 335 g/mol. The van der Waals surface area contributed by atoms with Crippen molar-refractivity contribution < 1.29 is 4.92 Å². The van der Waals surface area contributed by atoms with E-state index in [-0.39, 0.29) is 17.8 Å². The fourth-order valence-corrected chi connectivity index (χ4v) is 2.97. The quantitative estimate of drug-likeness (QED) is 0.446. The molecule has 0 fully saturated rings. The average molecular weight is 335 g/mol. The normalized spacial score (nSPS) is 11.0. The van der Waals surface area contributed by atoms with Crippen LogP contribution in [0.25, 0.3) is 4.96 Å². The second-order valence-electron chi connectivity index (χ2n) is 4.64. The maximum Gasteiger partial charge on any atom is 0.295 e. The highest BCUT2D eigenvalue weighted by atomic mass is 32.1. The van der Waals surface area contributed by atoms with E-state index in [0.717, 1.165) is 16.9 Å². The molecule has 0 radical (unpaired) electrons. The maximum atomic E-state index is 12.3. The zero-order chi connectivity index (χ0) is 15.9. The van der Waals surface area contributed by atoms with Gasteiger partial charge in [-0.3, -0.25) is 20.0 Å². The number of nitrogens with zero attached hydrogens (tertiary/aromatic N) is 4. The van der Waals surface area contributed by atoms with Gasteiger partial charge in [-0.25, -0.2) is 0 Å². The molecule has 0 bridgehead atoms. The molecule has 112 valence electrons. The standard InChI is InChI=1S/C12H9N5O3S2/c1-6-2-3-7(9(4-6)17(19)20)5-8-10(18)16-11(14-13-8)22-12(21)15-16/h2-4H,5H2,1H3,(H,15,21). The summed E-state index contributed by atoms with van der Waals surface area (Å²) in [5, 5.41) is 21.6. The number of aryl methyl sites for hydroxylation is 1. The number of hydrogen-bond donors (Lipinski definition) is 1. The molecule has 0 aliphatic heterocycles.